The first-order valence-corrected chi connectivity index (χ1v) is 7.52. The van der Waals surface area contributed by atoms with Crippen molar-refractivity contribution in [3.63, 3.8) is 0 Å². The lowest BCUT2D eigenvalue weighted by atomic mass is 9.78. The minimum atomic E-state index is -0.346. The van der Waals surface area contributed by atoms with Gasteiger partial charge < -0.3 is 14.4 Å². The molecule has 0 amide bonds. The third kappa shape index (κ3) is 2.06. The molecule has 0 spiro atoms. The molecule has 0 radical (unpaired) electrons. The molecule has 1 aliphatic rings. The molecule has 22 heavy (non-hydrogen) atoms. The predicted molar refractivity (Wildman–Crippen MR) is 81.9 cm³/mol. The monoisotopic (exact) mass is 323 g/mol. The molecular weight excluding hydrogens is 306 g/mol. The Morgan fingerprint density at radius 1 is 1.50 bits per heavy atom. The van der Waals surface area contributed by atoms with Crippen molar-refractivity contribution in [1.29, 1.82) is 0 Å². The van der Waals surface area contributed by atoms with Crippen LogP contribution in [0.2, 0.25) is 5.15 Å². The van der Waals surface area contributed by atoms with E-state index in [2.05, 4.69) is 30.7 Å². The van der Waals surface area contributed by atoms with Gasteiger partial charge in [-0.25, -0.2) is 9.97 Å². The van der Waals surface area contributed by atoms with E-state index in [1.165, 1.54) is 6.33 Å². The van der Waals surface area contributed by atoms with Crippen LogP contribution in [0.15, 0.2) is 12.5 Å². The summed E-state index contributed by atoms with van der Waals surface area (Å²) in [7, 11) is 0. The van der Waals surface area contributed by atoms with Gasteiger partial charge in [-0.2, -0.15) is 0 Å². The number of carbonyl (C=O) groups excluding carboxylic acids is 1. The van der Waals surface area contributed by atoms with Gasteiger partial charge in [-0.3, -0.25) is 4.79 Å². The van der Waals surface area contributed by atoms with Crippen molar-refractivity contribution < 1.29 is 14.6 Å². The number of aromatic nitrogens is 3. The predicted octanol–water partition coefficient (Wildman–Crippen LogP) is 2.45. The van der Waals surface area contributed by atoms with Crippen LogP contribution in [0.1, 0.15) is 37.4 Å². The lowest BCUT2D eigenvalue weighted by Gasteiger charge is -2.30. The highest BCUT2D eigenvalue weighted by Crippen LogP contribution is 2.49. The van der Waals surface area contributed by atoms with Crippen molar-refractivity contribution >= 4 is 28.9 Å². The summed E-state index contributed by atoms with van der Waals surface area (Å²) < 4.78 is 7.84. The summed E-state index contributed by atoms with van der Waals surface area (Å²) in [6.45, 7) is 6.16. The van der Waals surface area contributed by atoms with Crippen LogP contribution >= 0.6 is 11.6 Å². The van der Waals surface area contributed by atoms with Gasteiger partial charge in [0.15, 0.2) is 6.29 Å². The first-order valence-electron chi connectivity index (χ1n) is 7.14. The normalized spacial score (nSPS) is 27.4. The maximum absolute atomic E-state index is 11.3. The summed E-state index contributed by atoms with van der Waals surface area (Å²) in [6.07, 6.45) is 3.20. The van der Waals surface area contributed by atoms with E-state index in [-0.39, 0.29) is 35.4 Å². The van der Waals surface area contributed by atoms with Crippen molar-refractivity contribution in [2.75, 3.05) is 6.61 Å². The third-order valence-corrected chi connectivity index (χ3v) is 5.11. The number of aliphatic hydroxyl groups excluding tert-OH is 1. The minimum Gasteiger partial charge on any atom is -0.394 e. The van der Waals surface area contributed by atoms with Crippen LogP contribution in [0.5, 0.6) is 0 Å². The molecule has 2 aromatic heterocycles. The highest BCUT2D eigenvalue weighted by molar-refractivity contribution is 6.34. The summed E-state index contributed by atoms with van der Waals surface area (Å²) in [5.74, 6) is 0.150. The van der Waals surface area contributed by atoms with E-state index in [1.807, 2.05) is 4.57 Å². The molecular formula is C15H18ClN3O3. The average Bonchev–Trinajstić information content (AvgIpc) is 2.97. The number of hydrogen-bond acceptors (Lipinski definition) is 5. The fourth-order valence-electron chi connectivity index (χ4n) is 3.13. The molecule has 3 atom stereocenters. The molecule has 3 rings (SSSR count). The summed E-state index contributed by atoms with van der Waals surface area (Å²) in [5, 5.41) is 10.3. The van der Waals surface area contributed by atoms with Gasteiger partial charge in [0.05, 0.1) is 18.1 Å². The summed E-state index contributed by atoms with van der Waals surface area (Å²) in [4.78, 5) is 19.5. The van der Waals surface area contributed by atoms with Crippen molar-refractivity contribution in [3.8, 4) is 0 Å². The van der Waals surface area contributed by atoms with E-state index in [0.29, 0.717) is 16.6 Å². The quantitative estimate of drug-likeness (QED) is 0.693. The number of rotatable bonds is 3. The van der Waals surface area contributed by atoms with Gasteiger partial charge >= 0.3 is 0 Å². The number of aliphatic hydroxyl groups is 1. The minimum absolute atomic E-state index is 0.0451. The molecule has 0 bridgehead atoms. The van der Waals surface area contributed by atoms with E-state index >= 15 is 0 Å². The summed E-state index contributed by atoms with van der Waals surface area (Å²) >= 11 is 6.11. The number of nitrogens with zero attached hydrogens (tertiary/aromatic N) is 3. The average molecular weight is 324 g/mol. The second kappa shape index (κ2) is 5.30. The smallest absolute Gasteiger partial charge is 0.152 e. The highest BCUT2D eigenvalue weighted by atomic mass is 35.5. The fourth-order valence-corrected chi connectivity index (χ4v) is 3.37. The Bertz CT molecular complexity index is 728. The van der Waals surface area contributed by atoms with Gasteiger partial charge in [0, 0.05) is 17.2 Å². The van der Waals surface area contributed by atoms with Crippen LogP contribution < -0.4 is 0 Å². The van der Waals surface area contributed by atoms with Crippen molar-refractivity contribution in [2.24, 2.45) is 11.3 Å². The van der Waals surface area contributed by atoms with Crippen molar-refractivity contribution in [3.05, 3.63) is 23.2 Å². The molecule has 0 saturated carbocycles. The van der Waals surface area contributed by atoms with Crippen molar-refractivity contribution in [1.82, 2.24) is 14.5 Å². The summed E-state index contributed by atoms with van der Waals surface area (Å²) in [5.41, 5.74) is 0.753. The molecule has 7 heteroatoms. The van der Waals surface area contributed by atoms with Gasteiger partial charge in [-0.05, 0) is 5.92 Å². The molecule has 1 aliphatic heterocycles. The second-order valence-electron chi connectivity index (χ2n) is 6.29. The lowest BCUT2D eigenvalue weighted by Crippen LogP contribution is -2.28. The molecule has 1 N–H and O–H groups in total. The Labute approximate surface area is 133 Å². The zero-order valence-electron chi connectivity index (χ0n) is 12.7. The van der Waals surface area contributed by atoms with Crippen LogP contribution in [0, 0.1) is 11.3 Å². The Morgan fingerprint density at radius 3 is 2.82 bits per heavy atom. The highest BCUT2D eigenvalue weighted by Gasteiger charge is 2.49. The maximum Gasteiger partial charge on any atom is 0.152 e. The molecule has 0 aromatic carbocycles. The summed E-state index contributed by atoms with van der Waals surface area (Å²) in [6, 6.07) is 0. The van der Waals surface area contributed by atoms with Gasteiger partial charge in [-0.15, -0.1) is 0 Å². The SMILES string of the molecule is C[C@@H]1[C@@H](CO)O[C@@H](n2cc(C=O)c3c(Cl)ncnc32)C1(C)C. The Hall–Kier alpha value is -1.50. The molecule has 0 aliphatic carbocycles. The fraction of sp³-hybridized carbons (Fsp3) is 0.533. The Kier molecular flexibility index (Phi) is 3.71. The lowest BCUT2D eigenvalue weighted by molar-refractivity contribution is -0.0454. The van der Waals surface area contributed by atoms with E-state index in [4.69, 9.17) is 16.3 Å². The van der Waals surface area contributed by atoms with Crippen molar-refractivity contribution in [2.45, 2.75) is 33.1 Å². The van der Waals surface area contributed by atoms with Crippen LogP contribution in [0.4, 0.5) is 0 Å². The van der Waals surface area contributed by atoms with Crippen LogP contribution in [0.3, 0.4) is 0 Å². The second-order valence-corrected chi connectivity index (χ2v) is 6.65. The molecule has 1 fully saturated rings. The van der Waals surface area contributed by atoms with Crippen LogP contribution in [0.25, 0.3) is 11.0 Å². The standard InChI is InChI=1S/C15H18ClN3O3/c1-8-10(6-21)22-14(15(8,2)3)19-4-9(5-20)11-12(16)17-7-18-13(11)19/h4-5,7-8,10,14,21H,6H2,1-3H3/t8-,10-,14-/m1/s1. The first kappa shape index (κ1) is 15.4. The molecule has 3 heterocycles. The van der Waals surface area contributed by atoms with Crippen LogP contribution in [-0.4, -0.2) is 38.6 Å². The molecule has 1 saturated heterocycles. The molecule has 118 valence electrons. The first-order chi connectivity index (χ1) is 10.4. The van der Waals surface area contributed by atoms with E-state index < -0.39 is 0 Å². The van der Waals surface area contributed by atoms with Gasteiger partial charge in [-0.1, -0.05) is 32.4 Å². The molecule has 2 aromatic rings. The topological polar surface area (TPSA) is 77.2 Å². The molecule has 6 nitrogen and oxygen atoms in total. The van der Waals surface area contributed by atoms with Gasteiger partial charge in [0.1, 0.15) is 23.4 Å². The third-order valence-electron chi connectivity index (χ3n) is 4.82. The number of halogens is 1. The van der Waals surface area contributed by atoms with E-state index in [0.717, 1.165) is 6.29 Å². The Morgan fingerprint density at radius 2 is 2.23 bits per heavy atom. The number of hydrogen-bond donors (Lipinski definition) is 1. The Balaban J connectivity index is 2.19. The van der Waals surface area contributed by atoms with Gasteiger partial charge in [0.2, 0.25) is 0 Å². The zero-order valence-corrected chi connectivity index (χ0v) is 13.4. The largest absolute Gasteiger partial charge is 0.394 e. The maximum atomic E-state index is 11.3. The number of aldehydes is 1. The number of fused-ring (bicyclic) bond motifs is 1. The van der Waals surface area contributed by atoms with Gasteiger partial charge in [0.25, 0.3) is 0 Å². The number of ether oxygens (including phenoxy) is 1. The zero-order chi connectivity index (χ0) is 16.1. The van der Waals surface area contributed by atoms with E-state index in [9.17, 15) is 9.90 Å². The van der Waals surface area contributed by atoms with Crippen LogP contribution in [-0.2, 0) is 4.74 Å². The van der Waals surface area contributed by atoms with E-state index in [1.54, 1.807) is 6.20 Å². The molecule has 0 unspecified atom stereocenters. The number of carbonyl (C=O) groups is 1.